The Labute approximate surface area is 146 Å². The lowest BCUT2D eigenvalue weighted by Crippen LogP contribution is -2.23. The van der Waals surface area contributed by atoms with E-state index < -0.39 is 0 Å². The Balaban J connectivity index is 0.00000192. The average Bonchev–Trinajstić information content (AvgIpc) is 3.23. The van der Waals surface area contributed by atoms with Crippen molar-refractivity contribution in [3.05, 3.63) is 35.3 Å². The normalized spacial score (nSPS) is 16.8. The van der Waals surface area contributed by atoms with Crippen molar-refractivity contribution in [3.8, 4) is 10.6 Å². The van der Waals surface area contributed by atoms with Gasteiger partial charge in [-0.3, -0.25) is 4.79 Å². The molecule has 7 heteroatoms. The molecule has 1 aromatic heterocycles. The van der Waals surface area contributed by atoms with Crippen LogP contribution < -0.4 is 10.6 Å². The number of halogens is 1. The molecule has 1 aromatic carbocycles. The molecule has 1 aliphatic heterocycles. The Morgan fingerprint density at radius 1 is 1.30 bits per heavy atom. The summed E-state index contributed by atoms with van der Waals surface area (Å²) in [6.45, 7) is 2.59. The van der Waals surface area contributed by atoms with Crippen LogP contribution in [0.4, 0.5) is 0 Å². The molecule has 2 aromatic rings. The van der Waals surface area contributed by atoms with Gasteiger partial charge in [0, 0.05) is 12.0 Å². The minimum Gasteiger partial charge on any atom is -0.350 e. The predicted octanol–water partition coefficient (Wildman–Crippen LogP) is 2.63. The van der Waals surface area contributed by atoms with Gasteiger partial charge in [0.2, 0.25) is 5.91 Å². The van der Waals surface area contributed by atoms with E-state index in [1.165, 1.54) is 17.8 Å². The maximum absolute atomic E-state index is 11.9. The van der Waals surface area contributed by atoms with Crippen molar-refractivity contribution in [1.82, 2.24) is 20.8 Å². The highest BCUT2D eigenvalue weighted by Crippen LogP contribution is 2.22. The number of nitrogens with zero attached hydrogens (tertiary/aromatic N) is 2. The molecule has 0 bridgehead atoms. The van der Waals surface area contributed by atoms with Gasteiger partial charge in [0.25, 0.3) is 0 Å². The first-order valence-electron chi connectivity index (χ1n) is 7.66. The van der Waals surface area contributed by atoms with E-state index in [9.17, 15) is 4.79 Å². The van der Waals surface area contributed by atoms with E-state index in [0.29, 0.717) is 18.9 Å². The third-order valence-electron chi connectivity index (χ3n) is 3.87. The highest BCUT2D eigenvalue weighted by Gasteiger charge is 2.15. The van der Waals surface area contributed by atoms with E-state index in [2.05, 4.69) is 20.8 Å². The average molecular weight is 353 g/mol. The van der Waals surface area contributed by atoms with Crippen LogP contribution in [0, 0.1) is 5.92 Å². The van der Waals surface area contributed by atoms with Crippen LogP contribution in [0.2, 0.25) is 0 Å². The van der Waals surface area contributed by atoms with Crippen LogP contribution in [0.3, 0.4) is 0 Å². The number of hydrogen-bond donors (Lipinski definition) is 2. The molecule has 23 heavy (non-hydrogen) atoms. The number of aromatic nitrogens is 2. The SMILES string of the molecule is Cl.O=C(CCC1CCNC1)NCc1nnc(-c2ccccc2)s1. The Morgan fingerprint density at radius 3 is 2.87 bits per heavy atom. The lowest BCUT2D eigenvalue weighted by atomic mass is 10.0. The third-order valence-corrected chi connectivity index (χ3v) is 4.84. The number of amides is 1. The number of rotatable bonds is 6. The zero-order chi connectivity index (χ0) is 15.2. The van der Waals surface area contributed by atoms with Crippen LogP contribution in [0.1, 0.15) is 24.3 Å². The molecule has 3 rings (SSSR count). The summed E-state index contributed by atoms with van der Waals surface area (Å²) in [4.78, 5) is 11.9. The smallest absolute Gasteiger partial charge is 0.220 e. The summed E-state index contributed by atoms with van der Waals surface area (Å²) in [6, 6.07) is 9.97. The van der Waals surface area contributed by atoms with Gasteiger partial charge in [-0.15, -0.1) is 22.6 Å². The van der Waals surface area contributed by atoms with Gasteiger partial charge in [-0.2, -0.15) is 0 Å². The highest BCUT2D eigenvalue weighted by molar-refractivity contribution is 7.14. The van der Waals surface area contributed by atoms with Crippen LogP contribution in [-0.2, 0) is 11.3 Å². The summed E-state index contributed by atoms with van der Waals surface area (Å²) >= 11 is 1.52. The maximum Gasteiger partial charge on any atom is 0.220 e. The Bertz CT molecular complexity index is 614. The summed E-state index contributed by atoms with van der Waals surface area (Å²) < 4.78 is 0. The first-order valence-corrected chi connectivity index (χ1v) is 8.48. The largest absolute Gasteiger partial charge is 0.350 e. The monoisotopic (exact) mass is 352 g/mol. The molecule has 0 aliphatic carbocycles. The molecular weight excluding hydrogens is 332 g/mol. The molecule has 1 aliphatic rings. The molecule has 1 saturated heterocycles. The maximum atomic E-state index is 11.9. The summed E-state index contributed by atoms with van der Waals surface area (Å²) in [7, 11) is 0. The fraction of sp³-hybridized carbons (Fsp3) is 0.438. The van der Waals surface area contributed by atoms with Gasteiger partial charge >= 0.3 is 0 Å². The number of nitrogens with one attached hydrogen (secondary N) is 2. The molecule has 2 N–H and O–H groups in total. The molecule has 1 atom stereocenters. The Kier molecular flexibility index (Phi) is 6.95. The van der Waals surface area contributed by atoms with E-state index in [-0.39, 0.29) is 18.3 Å². The minimum absolute atomic E-state index is 0. The van der Waals surface area contributed by atoms with Crippen molar-refractivity contribution >= 4 is 29.7 Å². The zero-order valence-electron chi connectivity index (χ0n) is 12.8. The zero-order valence-corrected chi connectivity index (χ0v) is 14.5. The predicted molar refractivity (Wildman–Crippen MR) is 94.7 cm³/mol. The standard InChI is InChI=1S/C16H20N4OS.ClH/c21-14(7-6-12-8-9-17-10-12)18-11-15-19-20-16(22-15)13-4-2-1-3-5-13;/h1-5,12,17H,6-11H2,(H,18,21);1H. The van der Waals surface area contributed by atoms with Crippen molar-refractivity contribution in [2.45, 2.75) is 25.8 Å². The van der Waals surface area contributed by atoms with Crippen LogP contribution in [0.15, 0.2) is 30.3 Å². The fourth-order valence-corrected chi connectivity index (χ4v) is 3.37. The molecule has 0 saturated carbocycles. The first-order chi connectivity index (χ1) is 10.8. The van der Waals surface area contributed by atoms with Crippen LogP contribution in [0.5, 0.6) is 0 Å². The first kappa shape index (κ1) is 17.8. The molecule has 1 amide bonds. The van der Waals surface area contributed by atoms with Gasteiger partial charge in [0.05, 0.1) is 6.54 Å². The van der Waals surface area contributed by atoms with Crippen molar-refractivity contribution in [2.75, 3.05) is 13.1 Å². The van der Waals surface area contributed by atoms with E-state index in [1.807, 2.05) is 30.3 Å². The molecular formula is C16H21ClN4OS. The lowest BCUT2D eigenvalue weighted by Gasteiger charge is -2.07. The van der Waals surface area contributed by atoms with E-state index in [0.717, 1.165) is 35.1 Å². The Hall–Kier alpha value is -1.50. The van der Waals surface area contributed by atoms with Gasteiger partial charge in [0.15, 0.2) is 0 Å². The quantitative estimate of drug-likeness (QED) is 0.838. The number of benzene rings is 1. The molecule has 2 heterocycles. The second-order valence-electron chi connectivity index (χ2n) is 5.54. The van der Waals surface area contributed by atoms with E-state index in [4.69, 9.17) is 0 Å². The van der Waals surface area contributed by atoms with E-state index >= 15 is 0 Å². The summed E-state index contributed by atoms with van der Waals surface area (Å²) in [6.07, 6.45) is 2.74. The van der Waals surface area contributed by atoms with Gasteiger partial charge < -0.3 is 10.6 Å². The third kappa shape index (κ3) is 5.27. The summed E-state index contributed by atoms with van der Waals surface area (Å²) in [5.74, 6) is 0.750. The fourth-order valence-electron chi connectivity index (χ4n) is 2.58. The van der Waals surface area contributed by atoms with Crippen molar-refractivity contribution < 1.29 is 4.79 Å². The van der Waals surface area contributed by atoms with Crippen LogP contribution in [-0.4, -0.2) is 29.2 Å². The van der Waals surface area contributed by atoms with E-state index in [1.54, 1.807) is 0 Å². The lowest BCUT2D eigenvalue weighted by molar-refractivity contribution is -0.121. The van der Waals surface area contributed by atoms with Crippen molar-refractivity contribution in [2.24, 2.45) is 5.92 Å². The molecule has 1 fully saturated rings. The minimum atomic E-state index is 0. The molecule has 0 radical (unpaired) electrons. The topological polar surface area (TPSA) is 66.9 Å². The van der Waals surface area contributed by atoms with Crippen molar-refractivity contribution in [3.63, 3.8) is 0 Å². The number of hydrogen-bond acceptors (Lipinski definition) is 5. The summed E-state index contributed by atoms with van der Waals surface area (Å²) in [5.41, 5.74) is 1.06. The Morgan fingerprint density at radius 2 is 2.13 bits per heavy atom. The van der Waals surface area contributed by atoms with Crippen LogP contribution in [0.25, 0.3) is 10.6 Å². The molecule has 5 nitrogen and oxygen atoms in total. The second kappa shape index (κ2) is 8.96. The second-order valence-corrected chi connectivity index (χ2v) is 6.60. The van der Waals surface area contributed by atoms with Gasteiger partial charge in [0.1, 0.15) is 10.0 Å². The van der Waals surface area contributed by atoms with Gasteiger partial charge in [-0.1, -0.05) is 41.7 Å². The number of carbonyl (C=O) groups excluding carboxylic acids is 1. The molecule has 0 spiro atoms. The highest BCUT2D eigenvalue weighted by atomic mass is 35.5. The van der Waals surface area contributed by atoms with Gasteiger partial charge in [-0.25, -0.2) is 0 Å². The van der Waals surface area contributed by atoms with Crippen LogP contribution >= 0.6 is 23.7 Å². The summed E-state index contributed by atoms with van der Waals surface area (Å²) in [5, 5.41) is 16.3. The number of carbonyl (C=O) groups is 1. The molecule has 124 valence electrons. The molecule has 1 unspecified atom stereocenters. The van der Waals surface area contributed by atoms with Gasteiger partial charge in [-0.05, 0) is 31.8 Å². The van der Waals surface area contributed by atoms with Crippen molar-refractivity contribution in [1.29, 1.82) is 0 Å².